The highest BCUT2D eigenvalue weighted by Gasteiger charge is 2.27. The summed E-state index contributed by atoms with van der Waals surface area (Å²) >= 11 is 0. The van der Waals surface area contributed by atoms with Crippen molar-refractivity contribution < 1.29 is 17.9 Å². The molecule has 4 rings (SSSR count). The van der Waals surface area contributed by atoms with Crippen LogP contribution in [-0.2, 0) is 21.4 Å². The average Bonchev–Trinajstić information content (AvgIpc) is 3.41. The summed E-state index contributed by atoms with van der Waals surface area (Å²) in [5, 5.41) is 5.99. The van der Waals surface area contributed by atoms with Crippen molar-refractivity contribution in [3.8, 4) is 5.75 Å². The van der Waals surface area contributed by atoms with Gasteiger partial charge in [0.25, 0.3) is 0 Å². The SMILES string of the molecule is CC(Nc1ccc(OCc2ccccc2)cc1)C(=O)Nc1ccc(S(=O)(=O)N2CCCC2)cc1. The van der Waals surface area contributed by atoms with E-state index in [0.29, 0.717) is 25.4 Å². The van der Waals surface area contributed by atoms with Gasteiger partial charge < -0.3 is 15.4 Å². The number of nitrogens with one attached hydrogen (secondary N) is 2. The Bertz CT molecular complexity index is 1190. The Hall–Kier alpha value is -3.36. The van der Waals surface area contributed by atoms with E-state index < -0.39 is 16.1 Å². The van der Waals surface area contributed by atoms with Gasteiger partial charge >= 0.3 is 0 Å². The largest absolute Gasteiger partial charge is 0.489 e. The number of amides is 1. The number of nitrogens with zero attached hydrogens (tertiary/aromatic N) is 1. The number of hydrogen-bond donors (Lipinski definition) is 2. The highest BCUT2D eigenvalue weighted by atomic mass is 32.2. The molecule has 0 spiro atoms. The second-order valence-electron chi connectivity index (χ2n) is 8.29. The Labute approximate surface area is 200 Å². The smallest absolute Gasteiger partial charge is 0.246 e. The topological polar surface area (TPSA) is 87.7 Å². The van der Waals surface area contributed by atoms with Crippen molar-refractivity contribution in [3.63, 3.8) is 0 Å². The molecule has 0 aliphatic carbocycles. The highest BCUT2D eigenvalue weighted by Crippen LogP contribution is 2.23. The lowest BCUT2D eigenvalue weighted by Crippen LogP contribution is -2.32. The Morgan fingerprint density at radius 1 is 0.912 bits per heavy atom. The Kier molecular flexibility index (Phi) is 7.49. The summed E-state index contributed by atoms with van der Waals surface area (Å²) in [6.07, 6.45) is 1.78. The summed E-state index contributed by atoms with van der Waals surface area (Å²) in [7, 11) is -3.47. The second-order valence-corrected chi connectivity index (χ2v) is 10.2. The molecule has 34 heavy (non-hydrogen) atoms. The average molecular weight is 480 g/mol. The molecule has 1 aliphatic heterocycles. The third kappa shape index (κ3) is 5.95. The van der Waals surface area contributed by atoms with Gasteiger partial charge in [-0.3, -0.25) is 4.79 Å². The maximum atomic E-state index is 12.6. The van der Waals surface area contributed by atoms with Crippen molar-refractivity contribution in [2.45, 2.75) is 37.3 Å². The minimum atomic E-state index is -3.47. The minimum absolute atomic E-state index is 0.223. The van der Waals surface area contributed by atoms with Crippen LogP contribution in [0.25, 0.3) is 0 Å². The van der Waals surface area contributed by atoms with Crippen LogP contribution in [0.5, 0.6) is 5.75 Å². The summed E-state index contributed by atoms with van der Waals surface area (Å²) in [4.78, 5) is 12.9. The number of benzene rings is 3. The fourth-order valence-corrected chi connectivity index (χ4v) is 5.26. The minimum Gasteiger partial charge on any atom is -0.489 e. The summed E-state index contributed by atoms with van der Waals surface area (Å²) in [6, 6.07) is 23.2. The fourth-order valence-electron chi connectivity index (χ4n) is 3.74. The molecule has 0 saturated carbocycles. The molecule has 1 atom stereocenters. The van der Waals surface area contributed by atoms with Gasteiger partial charge in [0.15, 0.2) is 0 Å². The third-order valence-electron chi connectivity index (χ3n) is 5.70. The van der Waals surface area contributed by atoms with Crippen LogP contribution in [0, 0.1) is 0 Å². The van der Waals surface area contributed by atoms with Gasteiger partial charge in [0, 0.05) is 24.5 Å². The molecule has 8 heteroatoms. The van der Waals surface area contributed by atoms with Crippen molar-refractivity contribution >= 4 is 27.3 Å². The normalized spacial score (nSPS) is 15.0. The summed E-state index contributed by atoms with van der Waals surface area (Å²) in [5.41, 5.74) is 2.43. The van der Waals surface area contributed by atoms with Crippen molar-refractivity contribution in [1.29, 1.82) is 0 Å². The van der Waals surface area contributed by atoms with E-state index in [2.05, 4.69) is 10.6 Å². The van der Waals surface area contributed by atoms with Crippen LogP contribution in [0.3, 0.4) is 0 Å². The number of sulfonamides is 1. The van der Waals surface area contributed by atoms with Gasteiger partial charge in [0.1, 0.15) is 18.4 Å². The zero-order valence-corrected chi connectivity index (χ0v) is 19.9. The lowest BCUT2D eigenvalue weighted by molar-refractivity contribution is -0.116. The predicted molar refractivity (Wildman–Crippen MR) is 133 cm³/mol. The molecule has 1 unspecified atom stereocenters. The van der Waals surface area contributed by atoms with Crippen LogP contribution in [0.15, 0.2) is 83.8 Å². The monoisotopic (exact) mass is 479 g/mol. The second kappa shape index (κ2) is 10.7. The number of carbonyl (C=O) groups excluding carboxylic acids is 1. The molecule has 3 aromatic carbocycles. The Balaban J connectivity index is 1.29. The van der Waals surface area contributed by atoms with Crippen LogP contribution in [0.1, 0.15) is 25.3 Å². The first-order valence-electron chi connectivity index (χ1n) is 11.4. The number of rotatable bonds is 9. The first kappa shape index (κ1) is 23.8. The lowest BCUT2D eigenvalue weighted by atomic mass is 10.2. The van der Waals surface area contributed by atoms with Crippen molar-refractivity contribution in [2.75, 3.05) is 23.7 Å². The van der Waals surface area contributed by atoms with Gasteiger partial charge in [0.2, 0.25) is 15.9 Å². The van der Waals surface area contributed by atoms with Gasteiger partial charge in [-0.25, -0.2) is 8.42 Å². The quantitative estimate of drug-likeness (QED) is 0.472. The zero-order chi connectivity index (χ0) is 24.0. The fraction of sp³-hybridized carbons (Fsp3) is 0.269. The molecule has 1 fully saturated rings. The van der Waals surface area contributed by atoms with Crippen molar-refractivity contribution in [3.05, 3.63) is 84.4 Å². The molecule has 0 bridgehead atoms. The van der Waals surface area contributed by atoms with Gasteiger partial charge in [-0.15, -0.1) is 0 Å². The molecule has 1 amide bonds. The molecule has 2 N–H and O–H groups in total. The van der Waals surface area contributed by atoms with Crippen LogP contribution < -0.4 is 15.4 Å². The first-order valence-corrected chi connectivity index (χ1v) is 12.8. The molecule has 178 valence electrons. The van der Waals surface area contributed by atoms with Crippen LogP contribution in [0.4, 0.5) is 11.4 Å². The summed E-state index contributed by atoms with van der Waals surface area (Å²) in [6.45, 7) is 3.38. The molecule has 1 aliphatic rings. The Morgan fingerprint density at radius 2 is 1.53 bits per heavy atom. The van der Waals surface area contributed by atoms with Gasteiger partial charge in [-0.05, 0) is 73.9 Å². The lowest BCUT2D eigenvalue weighted by Gasteiger charge is -2.17. The van der Waals surface area contributed by atoms with Crippen LogP contribution in [0.2, 0.25) is 0 Å². The van der Waals surface area contributed by atoms with Crippen molar-refractivity contribution in [1.82, 2.24) is 4.31 Å². The Morgan fingerprint density at radius 3 is 2.18 bits per heavy atom. The molecule has 1 heterocycles. The molecular formula is C26H29N3O4S. The molecular weight excluding hydrogens is 450 g/mol. The number of carbonyl (C=O) groups is 1. The number of ether oxygens (including phenoxy) is 1. The van der Waals surface area contributed by atoms with E-state index in [1.165, 1.54) is 16.4 Å². The van der Waals surface area contributed by atoms with E-state index in [1.807, 2.05) is 54.6 Å². The van der Waals surface area contributed by atoms with E-state index in [0.717, 1.165) is 29.8 Å². The molecule has 3 aromatic rings. The standard InChI is InChI=1S/C26H29N3O4S/c1-20(27-22-9-13-24(14-10-22)33-19-21-7-3-2-4-8-21)26(30)28-23-11-15-25(16-12-23)34(31,32)29-17-5-6-18-29/h2-4,7-16,20,27H,5-6,17-19H2,1H3,(H,28,30). The number of hydrogen-bond acceptors (Lipinski definition) is 5. The van der Waals surface area contributed by atoms with Crippen LogP contribution >= 0.6 is 0 Å². The van der Waals surface area contributed by atoms with E-state index in [1.54, 1.807) is 19.1 Å². The summed E-state index contributed by atoms with van der Waals surface area (Å²) in [5.74, 6) is 0.523. The highest BCUT2D eigenvalue weighted by molar-refractivity contribution is 7.89. The molecule has 0 radical (unpaired) electrons. The van der Waals surface area contributed by atoms with Crippen LogP contribution in [-0.4, -0.2) is 37.8 Å². The maximum absolute atomic E-state index is 12.6. The molecule has 1 saturated heterocycles. The van der Waals surface area contributed by atoms with E-state index in [9.17, 15) is 13.2 Å². The molecule has 0 aromatic heterocycles. The van der Waals surface area contributed by atoms with Gasteiger partial charge in [-0.2, -0.15) is 4.31 Å². The van der Waals surface area contributed by atoms with Gasteiger partial charge in [-0.1, -0.05) is 30.3 Å². The number of anilines is 2. The van der Waals surface area contributed by atoms with Gasteiger partial charge in [0.05, 0.1) is 4.90 Å². The maximum Gasteiger partial charge on any atom is 0.246 e. The third-order valence-corrected chi connectivity index (χ3v) is 7.62. The van der Waals surface area contributed by atoms with Crippen molar-refractivity contribution in [2.24, 2.45) is 0 Å². The predicted octanol–water partition coefficient (Wildman–Crippen LogP) is 4.49. The summed E-state index contributed by atoms with van der Waals surface area (Å²) < 4.78 is 32.6. The van der Waals surface area contributed by atoms with E-state index in [4.69, 9.17) is 4.74 Å². The first-order chi connectivity index (χ1) is 16.4. The molecule has 7 nitrogen and oxygen atoms in total. The zero-order valence-electron chi connectivity index (χ0n) is 19.1. The van der Waals surface area contributed by atoms with E-state index >= 15 is 0 Å². The van der Waals surface area contributed by atoms with E-state index in [-0.39, 0.29) is 10.8 Å².